The molecular weight excluding hydrogens is 368 g/mol. The summed E-state index contributed by atoms with van der Waals surface area (Å²) in [5, 5.41) is 16.6. The fourth-order valence-electron chi connectivity index (χ4n) is 2.97. The molecule has 0 atom stereocenters. The Kier molecular flexibility index (Phi) is 6.71. The SMILES string of the molecule is CSc1ccc(NC(=O)NCc2cc(C(C)(C)C)c(O)c(C(C)(C)C)c2)cc1. The highest BCUT2D eigenvalue weighted by molar-refractivity contribution is 7.98. The van der Waals surface area contributed by atoms with Crippen LogP contribution < -0.4 is 10.6 Å². The van der Waals surface area contributed by atoms with Crippen molar-refractivity contribution in [1.82, 2.24) is 5.32 Å². The summed E-state index contributed by atoms with van der Waals surface area (Å²) in [5.74, 6) is 0.349. The van der Waals surface area contributed by atoms with Gasteiger partial charge in [0, 0.05) is 17.1 Å². The number of thioether (sulfide) groups is 1. The van der Waals surface area contributed by atoms with Gasteiger partial charge in [-0.15, -0.1) is 11.8 Å². The van der Waals surface area contributed by atoms with E-state index in [0.717, 1.165) is 27.3 Å². The normalized spacial score (nSPS) is 12.0. The van der Waals surface area contributed by atoms with Gasteiger partial charge in [0.1, 0.15) is 5.75 Å². The first kappa shape index (κ1) is 22.2. The molecule has 0 radical (unpaired) electrons. The first-order valence-corrected chi connectivity index (χ1v) is 10.7. The molecule has 0 saturated heterocycles. The van der Waals surface area contributed by atoms with Crippen molar-refractivity contribution in [3.8, 4) is 5.75 Å². The molecule has 152 valence electrons. The molecule has 0 fully saturated rings. The number of aromatic hydroxyl groups is 1. The van der Waals surface area contributed by atoms with Gasteiger partial charge in [-0.05, 0) is 70.2 Å². The summed E-state index contributed by atoms with van der Waals surface area (Å²) in [5.41, 5.74) is 3.13. The Morgan fingerprint density at radius 2 is 1.46 bits per heavy atom. The molecule has 4 nitrogen and oxygen atoms in total. The quantitative estimate of drug-likeness (QED) is 0.549. The van der Waals surface area contributed by atoms with Gasteiger partial charge in [-0.3, -0.25) is 0 Å². The number of phenolic OH excluding ortho intramolecular Hbond substituents is 1. The molecule has 28 heavy (non-hydrogen) atoms. The van der Waals surface area contributed by atoms with Gasteiger partial charge in [0.2, 0.25) is 0 Å². The molecule has 2 aromatic carbocycles. The largest absolute Gasteiger partial charge is 0.507 e. The van der Waals surface area contributed by atoms with E-state index in [2.05, 4.69) is 52.2 Å². The molecule has 2 amide bonds. The maximum atomic E-state index is 12.3. The van der Waals surface area contributed by atoms with Gasteiger partial charge in [0.25, 0.3) is 0 Å². The van der Waals surface area contributed by atoms with Crippen molar-refractivity contribution in [3.05, 3.63) is 53.1 Å². The van der Waals surface area contributed by atoms with Crippen molar-refractivity contribution < 1.29 is 9.90 Å². The predicted molar refractivity (Wildman–Crippen MR) is 120 cm³/mol. The lowest BCUT2D eigenvalue weighted by molar-refractivity contribution is 0.251. The van der Waals surface area contributed by atoms with E-state index in [9.17, 15) is 9.90 Å². The number of anilines is 1. The molecule has 2 aromatic rings. The molecule has 5 heteroatoms. The van der Waals surface area contributed by atoms with E-state index in [1.165, 1.54) is 0 Å². The van der Waals surface area contributed by atoms with Crippen LogP contribution in [0.4, 0.5) is 10.5 Å². The Labute approximate surface area is 173 Å². The Hall–Kier alpha value is -2.14. The van der Waals surface area contributed by atoms with Crippen LogP contribution in [-0.4, -0.2) is 17.4 Å². The second-order valence-electron chi connectivity index (χ2n) is 9.08. The number of carbonyl (C=O) groups is 1. The number of hydrogen-bond donors (Lipinski definition) is 3. The second kappa shape index (κ2) is 8.48. The molecule has 0 spiro atoms. The Balaban J connectivity index is 2.17. The summed E-state index contributed by atoms with van der Waals surface area (Å²) < 4.78 is 0. The van der Waals surface area contributed by atoms with Gasteiger partial charge >= 0.3 is 6.03 Å². The maximum absolute atomic E-state index is 12.3. The summed E-state index contributed by atoms with van der Waals surface area (Å²) in [4.78, 5) is 13.4. The van der Waals surface area contributed by atoms with Crippen LogP contribution in [0.5, 0.6) is 5.75 Å². The third kappa shape index (κ3) is 5.68. The predicted octanol–water partition coefficient (Wildman–Crippen LogP) is 6.03. The fourth-order valence-corrected chi connectivity index (χ4v) is 3.38. The van der Waals surface area contributed by atoms with E-state index < -0.39 is 0 Å². The van der Waals surface area contributed by atoms with Crippen LogP contribution in [0.2, 0.25) is 0 Å². The number of benzene rings is 2. The third-order valence-corrected chi connectivity index (χ3v) is 5.33. The molecule has 0 aliphatic heterocycles. The molecule has 0 unspecified atom stereocenters. The topological polar surface area (TPSA) is 61.4 Å². The van der Waals surface area contributed by atoms with Crippen molar-refractivity contribution in [2.75, 3.05) is 11.6 Å². The molecule has 2 rings (SSSR count). The lowest BCUT2D eigenvalue weighted by atomic mass is 9.78. The van der Waals surface area contributed by atoms with Crippen LogP contribution in [-0.2, 0) is 17.4 Å². The van der Waals surface area contributed by atoms with Gasteiger partial charge in [0.15, 0.2) is 0 Å². The van der Waals surface area contributed by atoms with E-state index >= 15 is 0 Å². The van der Waals surface area contributed by atoms with Crippen molar-refractivity contribution in [1.29, 1.82) is 0 Å². The van der Waals surface area contributed by atoms with Crippen molar-refractivity contribution in [2.45, 2.75) is 63.8 Å². The number of rotatable bonds is 4. The Morgan fingerprint density at radius 1 is 0.964 bits per heavy atom. The highest BCUT2D eigenvalue weighted by atomic mass is 32.2. The van der Waals surface area contributed by atoms with Crippen LogP contribution in [0, 0.1) is 0 Å². The van der Waals surface area contributed by atoms with Gasteiger partial charge in [0.05, 0.1) is 0 Å². The first-order chi connectivity index (χ1) is 12.9. The summed E-state index contributed by atoms with van der Waals surface area (Å²) in [7, 11) is 0. The number of carbonyl (C=O) groups excluding carboxylic acids is 1. The zero-order valence-corrected chi connectivity index (χ0v) is 18.8. The van der Waals surface area contributed by atoms with Crippen LogP contribution in [0.15, 0.2) is 41.3 Å². The van der Waals surface area contributed by atoms with E-state index in [0.29, 0.717) is 12.3 Å². The number of nitrogens with one attached hydrogen (secondary N) is 2. The van der Waals surface area contributed by atoms with Crippen LogP contribution >= 0.6 is 11.8 Å². The highest BCUT2D eigenvalue weighted by Gasteiger charge is 2.26. The molecule has 0 aliphatic carbocycles. The lowest BCUT2D eigenvalue weighted by Crippen LogP contribution is -2.28. The van der Waals surface area contributed by atoms with Crippen molar-refractivity contribution in [3.63, 3.8) is 0 Å². The summed E-state index contributed by atoms with van der Waals surface area (Å²) in [6.45, 7) is 12.9. The monoisotopic (exact) mass is 400 g/mol. The average Bonchev–Trinajstić information content (AvgIpc) is 2.59. The van der Waals surface area contributed by atoms with Gasteiger partial charge in [-0.2, -0.15) is 0 Å². The number of phenols is 1. The fraction of sp³-hybridized carbons (Fsp3) is 0.435. The molecule has 3 N–H and O–H groups in total. The van der Waals surface area contributed by atoms with E-state index in [1.807, 2.05) is 42.7 Å². The molecular formula is C23H32N2O2S. The minimum absolute atomic E-state index is 0.193. The number of hydrogen-bond acceptors (Lipinski definition) is 3. The Bertz CT molecular complexity index is 796. The maximum Gasteiger partial charge on any atom is 0.319 e. The number of amides is 2. The highest BCUT2D eigenvalue weighted by Crippen LogP contribution is 2.39. The van der Waals surface area contributed by atoms with Gasteiger partial charge in [-0.25, -0.2) is 4.79 Å². The van der Waals surface area contributed by atoms with Crippen LogP contribution in [0.1, 0.15) is 58.2 Å². The van der Waals surface area contributed by atoms with Crippen molar-refractivity contribution >= 4 is 23.5 Å². The van der Waals surface area contributed by atoms with Crippen molar-refractivity contribution in [2.24, 2.45) is 0 Å². The summed E-state index contributed by atoms with van der Waals surface area (Å²) in [6, 6.07) is 11.5. The van der Waals surface area contributed by atoms with Gasteiger partial charge < -0.3 is 15.7 Å². The number of urea groups is 1. The van der Waals surface area contributed by atoms with Crippen LogP contribution in [0.25, 0.3) is 0 Å². The molecule has 0 saturated carbocycles. The Morgan fingerprint density at radius 3 is 1.89 bits per heavy atom. The van der Waals surface area contributed by atoms with Gasteiger partial charge in [-0.1, -0.05) is 41.5 Å². The summed E-state index contributed by atoms with van der Waals surface area (Å²) in [6.07, 6.45) is 2.02. The van der Waals surface area contributed by atoms with E-state index in [1.54, 1.807) is 11.8 Å². The molecule has 0 aromatic heterocycles. The van der Waals surface area contributed by atoms with E-state index in [-0.39, 0.29) is 16.9 Å². The zero-order valence-electron chi connectivity index (χ0n) is 17.9. The standard InChI is InChI=1S/C23H32N2O2S/c1-22(2,3)18-12-15(13-19(20(18)26)23(4,5)6)14-24-21(27)25-16-8-10-17(28-7)11-9-16/h8-13,26H,14H2,1-7H3,(H2,24,25,27). The second-order valence-corrected chi connectivity index (χ2v) is 9.96. The first-order valence-electron chi connectivity index (χ1n) is 9.47. The minimum Gasteiger partial charge on any atom is -0.507 e. The lowest BCUT2D eigenvalue weighted by Gasteiger charge is -2.28. The van der Waals surface area contributed by atoms with Crippen LogP contribution in [0.3, 0.4) is 0 Å². The average molecular weight is 401 g/mol. The smallest absolute Gasteiger partial charge is 0.319 e. The third-order valence-electron chi connectivity index (χ3n) is 4.59. The molecule has 0 heterocycles. The zero-order chi connectivity index (χ0) is 21.1. The molecule has 0 aliphatic rings. The summed E-state index contributed by atoms with van der Waals surface area (Å²) >= 11 is 1.66. The molecule has 0 bridgehead atoms. The van der Waals surface area contributed by atoms with E-state index in [4.69, 9.17) is 0 Å². The minimum atomic E-state index is -0.250.